The molecule has 2 atom stereocenters. The van der Waals surface area contributed by atoms with E-state index in [9.17, 15) is 44.5 Å². The third kappa shape index (κ3) is 6.92. The first-order valence-electron chi connectivity index (χ1n) is 13.0. The number of oxime groups is 1. The number of anilines is 1. The summed E-state index contributed by atoms with van der Waals surface area (Å²) in [5.41, 5.74) is 4.79. The van der Waals surface area contributed by atoms with Crippen molar-refractivity contribution < 1.29 is 49.1 Å². The maximum atomic E-state index is 13.3. The third-order valence-corrected chi connectivity index (χ3v) is 9.67. The fourth-order valence-electron chi connectivity index (χ4n) is 4.39. The SMILES string of the molecule is Nc1nc(/C(=N/OCc2cc(=O)c(O)cn2O)C(=O)N[C@@H]2C(=O)N3C(C(=O)O)=C(CSc4cc[n+](CC(=O)[O-])cc4)CS[C@H]23)cs1. The quantitative estimate of drug-likeness (QED) is 0.0356. The molecule has 0 unspecified atom stereocenters. The second-order valence-electron chi connectivity index (χ2n) is 9.63. The summed E-state index contributed by atoms with van der Waals surface area (Å²) in [6.07, 6.45) is 3.88. The number of aromatic nitrogens is 3. The van der Waals surface area contributed by atoms with Crippen LogP contribution < -0.4 is 26.2 Å². The Labute approximate surface area is 270 Å². The average Bonchev–Trinajstić information content (AvgIpc) is 3.44. The van der Waals surface area contributed by atoms with Crippen LogP contribution in [0.1, 0.15) is 11.4 Å². The molecule has 240 valence electrons. The van der Waals surface area contributed by atoms with Crippen molar-refractivity contribution in [3.8, 4) is 5.75 Å². The van der Waals surface area contributed by atoms with E-state index in [0.29, 0.717) is 10.3 Å². The van der Waals surface area contributed by atoms with Crippen LogP contribution in [0.3, 0.4) is 0 Å². The molecule has 2 aliphatic rings. The van der Waals surface area contributed by atoms with Gasteiger partial charge in [-0.05, 0) is 5.57 Å². The Bertz CT molecular complexity index is 1840. The van der Waals surface area contributed by atoms with Crippen LogP contribution in [0, 0.1) is 0 Å². The largest absolute Gasteiger partial charge is 0.544 e. The molecule has 6 N–H and O–H groups in total. The Kier molecular flexibility index (Phi) is 9.49. The van der Waals surface area contributed by atoms with Gasteiger partial charge in [-0.1, -0.05) is 5.16 Å². The summed E-state index contributed by atoms with van der Waals surface area (Å²) in [6, 6.07) is 3.16. The number of carboxylic acids is 2. The first kappa shape index (κ1) is 32.3. The standard InChI is InChI=1S/C26H23N7O10S3/c27-26-28-15(11-46-26)19(30-43-8-13-5-16(34)17(35)6-32(13)42)22(38)29-20-23(39)33-21(25(40)41)12(10-45-24(20)33)9-44-14-1-3-31(4-2-14)7-18(36)37/h1-6,11,20,24,42H,7-10H2,(H5-,27,28,29,35,36,37,38,40,41)/b30-19-/t20-,24-/m1/s1. The van der Waals surface area contributed by atoms with E-state index in [2.05, 4.69) is 15.5 Å². The van der Waals surface area contributed by atoms with Crippen molar-refractivity contribution in [1.29, 1.82) is 0 Å². The molecule has 1 saturated heterocycles. The predicted octanol–water partition coefficient (Wildman–Crippen LogP) is -1.68. The van der Waals surface area contributed by atoms with Gasteiger partial charge in [0, 0.05) is 40.0 Å². The van der Waals surface area contributed by atoms with Gasteiger partial charge in [0.15, 0.2) is 42.1 Å². The number of thioether (sulfide) groups is 2. The van der Waals surface area contributed by atoms with Gasteiger partial charge in [0.25, 0.3) is 11.8 Å². The number of pyridine rings is 2. The molecule has 0 aliphatic carbocycles. The van der Waals surface area contributed by atoms with Crippen molar-refractivity contribution in [2.45, 2.75) is 29.5 Å². The number of amides is 2. The van der Waals surface area contributed by atoms with E-state index in [1.54, 1.807) is 24.5 Å². The van der Waals surface area contributed by atoms with Crippen LogP contribution in [0.25, 0.3) is 0 Å². The minimum Gasteiger partial charge on any atom is -0.544 e. The van der Waals surface area contributed by atoms with Crippen molar-refractivity contribution in [3.63, 3.8) is 0 Å². The smallest absolute Gasteiger partial charge is 0.352 e. The molecule has 1 fully saturated rings. The average molecular weight is 690 g/mol. The molecule has 0 aromatic carbocycles. The Morgan fingerprint density at radius 3 is 2.67 bits per heavy atom. The first-order chi connectivity index (χ1) is 21.9. The molecule has 0 radical (unpaired) electrons. The van der Waals surface area contributed by atoms with Crippen molar-refractivity contribution in [3.05, 3.63) is 75.1 Å². The number of hydrogen-bond acceptors (Lipinski definition) is 15. The normalized spacial score (nSPS) is 17.7. The summed E-state index contributed by atoms with van der Waals surface area (Å²) in [4.78, 5) is 72.4. The number of fused-ring (bicyclic) bond motifs is 1. The molecule has 3 aromatic heterocycles. The van der Waals surface area contributed by atoms with Crippen LogP contribution in [0.4, 0.5) is 5.13 Å². The molecule has 0 spiro atoms. The molecular formula is C26H23N7O10S3. The van der Waals surface area contributed by atoms with Crippen molar-refractivity contribution in [2.24, 2.45) is 5.16 Å². The molecule has 5 rings (SSSR count). The highest BCUT2D eigenvalue weighted by atomic mass is 32.2. The highest BCUT2D eigenvalue weighted by Crippen LogP contribution is 2.41. The zero-order chi connectivity index (χ0) is 33.1. The summed E-state index contributed by atoms with van der Waals surface area (Å²) in [6.45, 7) is -0.801. The third-order valence-electron chi connectivity index (χ3n) is 6.56. The molecule has 17 nitrogen and oxygen atoms in total. The molecule has 46 heavy (non-hydrogen) atoms. The molecule has 0 bridgehead atoms. The molecule has 20 heteroatoms. The lowest BCUT2D eigenvalue weighted by Gasteiger charge is -2.49. The van der Waals surface area contributed by atoms with E-state index in [0.717, 1.165) is 33.4 Å². The van der Waals surface area contributed by atoms with E-state index in [1.807, 2.05) is 0 Å². The number of aromatic hydroxyl groups is 1. The number of β-lactam (4-membered cyclic amide) rings is 1. The van der Waals surface area contributed by atoms with Gasteiger partial charge in [-0.2, -0.15) is 9.30 Å². The molecule has 3 aromatic rings. The van der Waals surface area contributed by atoms with Crippen LogP contribution in [0.15, 0.2) is 68.3 Å². The fourth-order valence-corrected chi connectivity index (χ4v) is 7.31. The number of nitrogens with zero attached hydrogens (tertiary/aromatic N) is 5. The van der Waals surface area contributed by atoms with Gasteiger partial charge in [-0.15, -0.1) is 34.9 Å². The number of nitrogen functional groups attached to an aromatic ring is 1. The van der Waals surface area contributed by atoms with Crippen LogP contribution >= 0.6 is 34.9 Å². The van der Waals surface area contributed by atoms with Gasteiger partial charge in [-0.3, -0.25) is 19.3 Å². The summed E-state index contributed by atoms with van der Waals surface area (Å²) in [7, 11) is 0. The van der Waals surface area contributed by atoms with E-state index < -0.39 is 53.0 Å². The van der Waals surface area contributed by atoms with Crippen molar-refractivity contribution in [2.75, 3.05) is 17.2 Å². The lowest BCUT2D eigenvalue weighted by Crippen LogP contribution is -2.71. The molecular weight excluding hydrogens is 667 g/mol. The Hall–Kier alpha value is -5.08. The summed E-state index contributed by atoms with van der Waals surface area (Å²) in [5, 5.41) is 47.2. The number of nitrogens with one attached hydrogen (secondary N) is 1. The number of hydrogen-bond donors (Lipinski definition) is 5. The van der Waals surface area contributed by atoms with Gasteiger partial charge < -0.3 is 41.2 Å². The molecule has 2 aliphatic heterocycles. The maximum absolute atomic E-state index is 13.3. The second-order valence-corrected chi connectivity index (χ2v) is 12.7. The summed E-state index contributed by atoms with van der Waals surface area (Å²) < 4.78 is 1.87. The van der Waals surface area contributed by atoms with Crippen LogP contribution in [0.5, 0.6) is 5.75 Å². The fraction of sp³-hybridized carbons (Fsp3) is 0.231. The Balaban J connectivity index is 1.28. The van der Waals surface area contributed by atoms with Gasteiger partial charge in [-0.25, -0.2) is 9.78 Å². The second kappa shape index (κ2) is 13.5. The minimum absolute atomic E-state index is 0.0171. The van der Waals surface area contributed by atoms with Gasteiger partial charge in [0.05, 0.1) is 6.20 Å². The summed E-state index contributed by atoms with van der Waals surface area (Å²) >= 11 is 3.59. The summed E-state index contributed by atoms with van der Waals surface area (Å²) in [5.74, 6) is -4.26. The number of thiazole rings is 1. The molecule has 2 amide bonds. The number of aliphatic carboxylic acids is 2. The maximum Gasteiger partial charge on any atom is 0.352 e. The minimum atomic E-state index is -1.30. The lowest BCUT2D eigenvalue weighted by atomic mass is 10.0. The van der Waals surface area contributed by atoms with Crippen LogP contribution in [-0.4, -0.2) is 82.4 Å². The van der Waals surface area contributed by atoms with Crippen LogP contribution in [0.2, 0.25) is 0 Å². The van der Waals surface area contributed by atoms with Crippen LogP contribution in [-0.2, 0) is 37.2 Å². The van der Waals surface area contributed by atoms with Gasteiger partial charge in [0.2, 0.25) is 5.43 Å². The van der Waals surface area contributed by atoms with E-state index >= 15 is 0 Å². The Morgan fingerprint density at radius 2 is 2.02 bits per heavy atom. The van der Waals surface area contributed by atoms with Crippen molar-refractivity contribution in [1.82, 2.24) is 19.9 Å². The monoisotopic (exact) mass is 689 g/mol. The van der Waals surface area contributed by atoms with E-state index in [1.165, 1.54) is 33.5 Å². The number of nitrogens with two attached hydrogens (primary N) is 1. The van der Waals surface area contributed by atoms with E-state index in [-0.39, 0.29) is 46.0 Å². The predicted molar refractivity (Wildman–Crippen MR) is 159 cm³/mol. The van der Waals surface area contributed by atoms with Gasteiger partial charge in [0.1, 0.15) is 34.5 Å². The van der Waals surface area contributed by atoms with Crippen molar-refractivity contribution >= 4 is 69.5 Å². The number of carbonyl (C=O) groups excluding carboxylic acids is 3. The first-order valence-corrected chi connectivity index (χ1v) is 15.9. The Morgan fingerprint density at radius 1 is 1.28 bits per heavy atom. The van der Waals surface area contributed by atoms with E-state index in [4.69, 9.17) is 10.6 Å². The highest BCUT2D eigenvalue weighted by molar-refractivity contribution is 8.01. The number of carbonyl (C=O) groups is 4. The highest BCUT2D eigenvalue weighted by Gasteiger charge is 2.54. The zero-order valence-corrected chi connectivity index (χ0v) is 25.7. The molecule has 5 heterocycles. The number of rotatable bonds is 12. The lowest BCUT2D eigenvalue weighted by molar-refractivity contribution is -0.691. The zero-order valence-electron chi connectivity index (χ0n) is 23.3. The van der Waals surface area contributed by atoms with Gasteiger partial charge >= 0.3 is 5.97 Å². The topological polar surface area (TPSA) is 254 Å². The number of carboxylic acid groups (broad SMARTS) is 2. The molecule has 0 saturated carbocycles.